The number of nitrogens with zero attached hydrogens (tertiary/aromatic N) is 1. The van der Waals surface area contributed by atoms with E-state index in [0.29, 0.717) is 5.56 Å². The lowest BCUT2D eigenvalue weighted by Crippen LogP contribution is -2.03. The van der Waals surface area contributed by atoms with Crippen molar-refractivity contribution >= 4 is 28.3 Å². The molecule has 5 heteroatoms. The van der Waals surface area contributed by atoms with Crippen molar-refractivity contribution in [3.05, 3.63) is 37.4 Å². The van der Waals surface area contributed by atoms with Gasteiger partial charge in [0.2, 0.25) is 0 Å². The Kier molecular flexibility index (Phi) is 3.82. The second-order valence-corrected chi connectivity index (χ2v) is 4.29. The molecule has 0 spiro atoms. The summed E-state index contributed by atoms with van der Waals surface area (Å²) in [7, 11) is 0. The van der Waals surface area contributed by atoms with Gasteiger partial charge in [-0.05, 0) is 34.7 Å². The molecule has 1 N–H and O–H groups in total. The largest absolute Gasteiger partial charge is 0.396 e. The molecule has 0 heterocycles. The van der Waals surface area contributed by atoms with Crippen molar-refractivity contribution in [2.24, 2.45) is 0 Å². The maximum Gasteiger partial charge on any atom is 0.273 e. The van der Waals surface area contributed by atoms with E-state index in [4.69, 9.17) is 5.11 Å². The van der Waals surface area contributed by atoms with Crippen LogP contribution in [0.5, 0.6) is 0 Å². The highest BCUT2D eigenvalue weighted by molar-refractivity contribution is 14.1. The molecule has 0 fully saturated rings. The fourth-order valence-corrected chi connectivity index (χ4v) is 1.70. The van der Waals surface area contributed by atoms with Crippen molar-refractivity contribution in [1.29, 1.82) is 0 Å². The van der Waals surface area contributed by atoms with E-state index in [2.05, 4.69) is 22.6 Å². The lowest BCUT2D eigenvalue weighted by Gasteiger charge is -2.08. The number of nitro benzene ring substituents is 1. The van der Waals surface area contributed by atoms with Gasteiger partial charge < -0.3 is 5.11 Å². The Balaban J connectivity index is 3.22. The molecule has 1 atom stereocenters. The lowest BCUT2D eigenvalue weighted by atomic mass is 10.0. The van der Waals surface area contributed by atoms with E-state index in [0.717, 1.165) is 3.57 Å². The Morgan fingerprint density at radius 3 is 2.79 bits per heavy atom. The summed E-state index contributed by atoms with van der Waals surface area (Å²) in [6.07, 6.45) is 0. The van der Waals surface area contributed by atoms with Crippen LogP contribution in [0.2, 0.25) is 0 Å². The molecule has 1 rings (SSSR count). The third kappa shape index (κ3) is 2.42. The van der Waals surface area contributed by atoms with Gasteiger partial charge in [0.15, 0.2) is 0 Å². The van der Waals surface area contributed by atoms with Gasteiger partial charge in [0.25, 0.3) is 5.69 Å². The number of nitro groups is 1. The summed E-state index contributed by atoms with van der Waals surface area (Å²) in [6, 6.07) is 4.90. The van der Waals surface area contributed by atoms with E-state index in [1.165, 1.54) is 6.07 Å². The van der Waals surface area contributed by atoms with Crippen molar-refractivity contribution in [3.8, 4) is 0 Å². The van der Waals surface area contributed by atoms with E-state index in [1.54, 1.807) is 19.1 Å². The zero-order valence-electron chi connectivity index (χ0n) is 7.61. The highest BCUT2D eigenvalue weighted by Crippen LogP contribution is 2.27. The minimum atomic E-state index is -0.419. The lowest BCUT2D eigenvalue weighted by molar-refractivity contribution is -0.385. The van der Waals surface area contributed by atoms with Crippen LogP contribution < -0.4 is 0 Å². The summed E-state index contributed by atoms with van der Waals surface area (Å²) in [5.41, 5.74) is 0.663. The van der Waals surface area contributed by atoms with E-state index < -0.39 is 4.92 Å². The predicted octanol–water partition coefficient (Wildman–Crippen LogP) is 2.30. The van der Waals surface area contributed by atoms with Crippen LogP contribution in [0.4, 0.5) is 5.69 Å². The molecule has 0 saturated heterocycles. The monoisotopic (exact) mass is 307 g/mol. The first kappa shape index (κ1) is 11.4. The van der Waals surface area contributed by atoms with Crippen LogP contribution >= 0.6 is 22.6 Å². The molecule has 0 amide bonds. The van der Waals surface area contributed by atoms with E-state index in [-0.39, 0.29) is 18.2 Å². The third-order valence-electron chi connectivity index (χ3n) is 1.99. The van der Waals surface area contributed by atoms with E-state index >= 15 is 0 Å². The van der Waals surface area contributed by atoms with Crippen molar-refractivity contribution in [1.82, 2.24) is 0 Å². The molecule has 0 aliphatic heterocycles. The van der Waals surface area contributed by atoms with Crippen LogP contribution in [0.3, 0.4) is 0 Å². The first-order valence-corrected chi connectivity index (χ1v) is 5.19. The van der Waals surface area contributed by atoms with Gasteiger partial charge in [-0.15, -0.1) is 0 Å². The average molecular weight is 307 g/mol. The van der Waals surface area contributed by atoms with E-state index in [9.17, 15) is 10.1 Å². The van der Waals surface area contributed by atoms with Crippen LogP contribution in [-0.2, 0) is 0 Å². The fourth-order valence-electron chi connectivity index (χ4n) is 1.18. The molecule has 0 radical (unpaired) electrons. The molecule has 0 aliphatic carbocycles. The topological polar surface area (TPSA) is 63.4 Å². The number of hydrogen-bond acceptors (Lipinski definition) is 3. The predicted molar refractivity (Wildman–Crippen MR) is 61.3 cm³/mol. The molecule has 0 aromatic heterocycles. The van der Waals surface area contributed by atoms with Gasteiger partial charge in [-0.1, -0.05) is 6.92 Å². The molecule has 1 aromatic carbocycles. The Morgan fingerprint density at radius 2 is 2.29 bits per heavy atom. The molecule has 4 nitrogen and oxygen atoms in total. The standard InChI is InChI=1S/C9H10INO3/c1-6(5-12)8-4-7(10)2-3-9(8)11(13)14/h2-4,6,12H,5H2,1H3. The average Bonchev–Trinajstić information content (AvgIpc) is 2.16. The molecule has 1 aromatic rings. The molecule has 0 aliphatic rings. The third-order valence-corrected chi connectivity index (χ3v) is 2.66. The molecule has 0 bridgehead atoms. The second-order valence-electron chi connectivity index (χ2n) is 3.04. The van der Waals surface area contributed by atoms with Gasteiger partial charge >= 0.3 is 0 Å². The normalized spacial score (nSPS) is 12.5. The van der Waals surface area contributed by atoms with Gasteiger partial charge in [-0.3, -0.25) is 10.1 Å². The molecule has 14 heavy (non-hydrogen) atoms. The van der Waals surface area contributed by atoms with Crippen LogP contribution in [0.15, 0.2) is 18.2 Å². The van der Waals surface area contributed by atoms with Gasteiger partial charge in [0, 0.05) is 27.7 Å². The summed E-state index contributed by atoms with van der Waals surface area (Å²) < 4.78 is 0.934. The number of benzene rings is 1. The number of rotatable bonds is 3. The Hall–Kier alpha value is -0.690. The Morgan fingerprint density at radius 1 is 1.64 bits per heavy atom. The number of aliphatic hydroxyl groups excluding tert-OH is 1. The summed E-state index contributed by atoms with van der Waals surface area (Å²) in [6.45, 7) is 1.68. The zero-order valence-corrected chi connectivity index (χ0v) is 9.76. The summed E-state index contributed by atoms with van der Waals surface area (Å²) >= 11 is 2.09. The number of hydrogen-bond donors (Lipinski definition) is 1. The maximum atomic E-state index is 10.7. The Bertz CT molecular complexity index is 354. The molecule has 76 valence electrons. The number of aliphatic hydroxyl groups is 1. The fraction of sp³-hybridized carbons (Fsp3) is 0.333. The van der Waals surface area contributed by atoms with Crippen LogP contribution in [-0.4, -0.2) is 16.6 Å². The quantitative estimate of drug-likeness (QED) is 0.529. The first-order valence-electron chi connectivity index (χ1n) is 4.11. The van der Waals surface area contributed by atoms with Gasteiger partial charge in [-0.25, -0.2) is 0 Å². The Labute approximate surface area is 95.2 Å². The van der Waals surface area contributed by atoms with E-state index in [1.807, 2.05) is 0 Å². The minimum absolute atomic E-state index is 0.0759. The van der Waals surface area contributed by atoms with Crippen LogP contribution in [0, 0.1) is 13.7 Å². The van der Waals surface area contributed by atoms with Gasteiger partial charge in [0.05, 0.1) is 4.92 Å². The molecule has 1 unspecified atom stereocenters. The molecular formula is C9H10INO3. The van der Waals surface area contributed by atoms with Crippen LogP contribution in [0.1, 0.15) is 18.4 Å². The summed E-state index contributed by atoms with van der Waals surface area (Å²) in [5.74, 6) is -0.204. The molecule has 0 saturated carbocycles. The SMILES string of the molecule is CC(CO)c1cc(I)ccc1[N+](=O)[O-]. The van der Waals surface area contributed by atoms with Crippen molar-refractivity contribution in [2.75, 3.05) is 6.61 Å². The zero-order chi connectivity index (χ0) is 10.7. The van der Waals surface area contributed by atoms with Crippen molar-refractivity contribution in [3.63, 3.8) is 0 Å². The highest BCUT2D eigenvalue weighted by Gasteiger charge is 2.18. The first-order chi connectivity index (χ1) is 6.56. The smallest absolute Gasteiger partial charge is 0.273 e. The summed E-state index contributed by atoms with van der Waals surface area (Å²) in [4.78, 5) is 10.3. The van der Waals surface area contributed by atoms with Crippen molar-refractivity contribution in [2.45, 2.75) is 12.8 Å². The highest BCUT2D eigenvalue weighted by atomic mass is 127. The van der Waals surface area contributed by atoms with Crippen molar-refractivity contribution < 1.29 is 10.0 Å². The van der Waals surface area contributed by atoms with Crippen LogP contribution in [0.25, 0.3) is 0 Å². The maximum absolute atomic E-state index is 10.7. The molecular weight excluding hydrogens is 297 g/mol. The van der Waals surface area contributed by atoms with Gasteiger partial charge in [-0.2, -0.15) is 0 Å². The minimum Gasteiger partial charge on any atom is -0.396 e. The summed E-state index contributed by atoms with van der Waals surface area (Å²) in [5, 5.41) is 19.6. The number of halogens is 1. The second kappa shape index (κ2) is 4.70. The van der Waals surface area contributed by atoms with Gasteiger partial charge in [0.1, 0.15) is 0 Å².